The molecule has 1 atom stereocenters. The predicted octanol–water partition coefficient (Wildman–Crippen LogP) is 2.88. The van der Waals surface area contributed by atoms with Gasteiger partial charge in [-0.25, -0.2) is 9.37 Å². The van der Waals surface area contributed by atoms with Crippen molar-refractivity contribution >= 4 is 5.91 Å². The Labute approximate surface area is 116 Å². The van der Waals surface area contributed by atoms with Crippen molar-refractivity contribution in [2.45, 2.75) is 26.3 Å². The molecular formula is C15H15FN2O2. The fourth-order valence-electron chi connectivity index (χ4n) is 2.71. The monoisotopic (exact) mass is 274 g/mol. The average molecular weight is 274 g/mol. The Morgan fingerprint density at radius 1 is 1.50 bits per heavy atom. The zero-order chi connectivity index (χ0) is 14.3. The molecule has 4 nitrogen and oxygen atoms in total. The lowest BCUT2D eigenvalue weighted by molar-refractivity contribution is 0.0670. The lowest BCUT2D eigenvalue weighted by Gasteiger charge is -2.35. The summed E-state index contributed by atoms with van der Waals surface area (Å²) in [4.78, 5) is 18.2. The van der Waals surface area contributed by atoms with E-state index in [2.05, 4.69) is 4.98 Å². The number of rotatable bonds is 1. The molecule has 0 bridgehead atoms. The summed E-state index contributed by atoms with van der Waals surface area (Å²) in [6.07, 6.45) is 1.99. The van der Waals surface area contributed by atoms with E-state index in [0.717, 1.165) is 17.5 Å². The number of aryl methyl sites for hydroxylation is 1. The molecule has 5 heteroatoms. The van der Waals surface area contributed by atoms with Gasteiger partial charge in [0, 0.05) is 6.54 Å². The highest BCUT2D eigenvalue weighted by atomic mass is 19.1. The highest BCUT2D eigenvalue weighted by Crippen LogP contribution is 2.31. The Bertz CT molecular complexity index is 666. The maximum absolute atomic E-state index is 13.4. The molecule has 1 amide bonds. The number of fused-ring (bicyclic) bond motifs is 1. The van der Waals surface area contributed by atoms with E-state index < -0.39 is 0 Å². The van der Waals surface area contributed by atoms with Gasteiger partial charge < -0.3 is 9.32 Å². The minimum Gasteiger partial charge on any atom is -0.448 e. The number of hydrogen-bond donors (Lipinski definition) is 0. The predicted molar refractivity (Wildman–Crippen MR) is 70.8 cm³/mol. The van der Waals surface area contributed by atoms with Crippen LogP contribution in [0.1, 0.15) is 40.3 Å². The maximum Gasteiger partial charge on any atom is 0.276 e. The molecule has 1 aliphatic rings. The van der Waals surface area contributed by atoms with Gasteiger partial charge in [-0.2, -0.15) is 0 Å². The molecule has 0 saturated carbocycles. The van der Waals surface area contributed by atoms with Crippen molar-refractivity contribution in [3.05, 3.63) is 53.0 Å². The molecule has 0 aliphatic carbocycles. The zero-order valence-corrected chi connectivity index (χ0v) is 11.4. The van der Waals surface area contributed by atoms with Gasteiger partial charge in [0.1, 0.15) is 11.6 Å². The van der Waals surface area contributed by atoms with Gasteiger partial charge in [0.2, 0.25) is 0 Å². The standard InChI is InChI=1S/C15H15FN2O2/c1-9-13-7-12(16)4-3-11(13)5-6-18(9)15(19)14-10(2)20-8-17-14/h3-4,7-9H,5-6H2,1-2H3/t9-/m0/s1. The summed E-state index contributed by atoms with van der Waals surface area (Å²) in [7, 11) is 0. The topological polar surface area (TPSA) is 46.3 Å². The van der Waals surface area contributed by atoms with Crippen LogP contribution < -0.4 is 0 Å². The Morgan fingerprint density at radius 3 is 3.00 bits per heavy atom. The van der Waals surface area contributed by atoms with E-state index in [-0.39, 0.29) is 17.8 Å². The first-order valence-electron chi connectivity index (χ1n) is 6.57. The van der Waals surface area contributed by atoms with Gasteiger partial charge in [-0.3, -0.25) is 4.79 Å². The largest absolute Gasteiger partial charge is 0.448 e. The number of oxazole rings is 1. The first-order valence-corrected chi connectivity index (χ1v) is 6.57. The van der Waals surface area contributed by atoms with Crippen molar-refractivity contribution in [2.24, 2.45) is 0 Å². The van der Waals surface area contributed by atoms with E-state index in [4.69, 9.17) is 4.42 Å². The van der Waals surface area contributed by atoms with Crippen LogP contribution in [0.25, 0.3) is 0 Å². The third-order valence-corrected chi connectivity index (χ3v) is 3.86. The first kappa shape index (κ1) is 12.8. The number of carbonyl (C=O) groups is 1. The third-order valence-electron chi connectivity index (χ3n) is 3.86. The summed E-state index contributed by atoms with van der Waals surface area (Å²) in [6.45, 7) is 4.22. The second kappa shape index (κ2) is 4.74. The maximum atomic E-state index is 13.4. The summed E-state index contributed by atoms with van der Waals surface area (Å²) in [5.41, 5.74) is 2.29. The molecule has 104 valence electrons. The second-order valence-electron chi connectivity index (χ2n) is 5.02. The molecule has 1 aliphatic heterocycles. The van der Waals surface area contributed by atoms with Gasteiger partial charge in [-0.05, 0) is 43.5 Å². The molecule has 2 heterocycles. The summed E-state index contributed by atoms with van der Waals surface area (Å²) >= 11 is 0. The first-order chi connectivity index (χ1) is 9.58. The van der Waals surface area contributed by atoms with Crippen molar-refractivity contribution in [2.75, 3.05) is 6.54 Å². The van der Waals surface area contributed by atoms with E-state index in [9.17, 15) is 9.18 Å². The number of hydrogen-bond acceptors (Lipinski definition) is 3. The average Bonchev–Trinajstić information content (AvgIpc) is 2.85. The van der Waals surface area contributed by atoms with Gasteiger partial charge in [0.05, 0.1) is 6.04 Å². The van der Waals surface area contributed by atoms with Crippen LogP contribution in [0.2, 0.25) is 0 Å². The van der Waals surface area contributed by atoms with Crippen LogP contribution in [0.4, 0.5) is 4.39 Å². The van der Waals surface area contributed by atoms with Crippen molar-refractivity contribution in [1.29, 1.82) is 0 Å². The van der Waals surface area contributed by atoms with E-state index in [1.54, 1.807) is 17.9 Å². The minimum atomic E-state index is -0.275. The van der Waals surface area contributed by atoms with Gasteiger partial charge in [0.15, 0.2) is 12.1 Å². The zero-order valence-electron chi connectivity index (χ0n) is 11.4. The van der Waals surface area contributed by atoms with Crippen molar-refractivity contribution < 1.29 is 13.6 Å². The van der Waals surface area contributed by atoms with Crippen LogP contribution in [-0.4, -0.2) is 22.3 Å². The van der Waals surface area contributed by atoms with Crippen LogP contribution >= 0.6 is 0 Å². The number of halogens is 1. The molecule has 3 rings (SSSR count). The van der Waals surface area contributed by atoms with Crippen LogP contribution in [0.15, 0.2) is 29.0 Å². The molecule has 0 spiro atoms. The fraction of sp³-hybridized carbons (Fsp3) is 0.333. The molecule has 0 saturated heterocycles. The van der Waals surface area contributed by atoms with E-state index >= 15 is 0 Å². The smallest absolute Gasteiger partial charge is 0.276 e. The lowest BCUT2D eigenvalue weighted by atomic mass is 9.93. The molecule has 0 radical (unpaired) electrons. The second-order valence-corrected chi connectivity index (χ2v) is 5.02. The van der Waals surface area contributed by atoms with Crippen LogP contribution in [0, 0.1) is 12.7 Å². The molecular weight excluding hydrogens is 259 g/mol. The van der Waals surface area contributed by atoms with Gasteiger partial charge in [-0.15, -0.1) is 0 Å². The highest BCUT2D eigenvalue weighted by molar-refractivity contribution is 5.93. The van der Waals surface area contributed by atoms with E-state index in [1.165, 1.54) is 18.5 Å². The summed E-state index contributed by atoms with van der Waals surface area (Å²) < 4.78 is 18.5. The van der Waals surface area contributed by atoms with Crippen molar-refractivity contribution in [3.8, 4) is 0 Å². The molecule has 1 aromatic heterocycles. The third kappa shape index (κ3) is 1.99. The Hall–Kier alpha value is -2.17. The van der Waals surface area contributed by atoms with E-state index in [0.29, 0.717) is 18.0 Å². The normalized spacial score (nSPS) is 17.9. The quantitative estimate of drug-likeness (QED) is 0.803. The van der Waals surface area contributed by atoms with Crippen molar-refractivity contribution in [1.82, 2.24) is 9.88 Å². The molecule has 20 heavy (non-hydrogen) atoms. The minimum absolute atomic E-state index is 0.168. The van der Waals surface area contributed by atoms with Gasteiger partial charge >= 0.3 is 0 Å². The number of nitrogens with zero attached hydrogens (tertiary/aromatic N) is 2. The Morgan fingerprint density at radius 2 is 2.30 bits per heavy atom. The van der Waals surface area contributed by atoms with Crippen molar-refractivity contribution in [3.63, 3.8) is 0 Å². The molecule has 0 unspecified atom stereocenters. The number of aromatic nitrogens is 1. The van der Waals surface area contributed by atoms with Gasteiger partial charge in [0.25, 0.3) is 5.91 Å². The SMILES string of the molecule is Cc1ocnc1C(=O)N1CCc2ccc(F)cc2[C@@H]1C. The molecule has 0 fully saturated rings. The fourth-order valence-corrected chi connectivity index (χ4v) is 2.71. The lowest BCUT2D eigenvalue weighted by Crippen LogP contribution is -2.39. The van der Waals surface area contributed by atoms with Gasteiger partial charge in [-0.1, -0.05) is 6.07 Å². The highest BCUT2D eigenvalue weighted by Gasteiger charge is 2.30. The summed E-state index contributed by atoms with van der Waals surface area (Å²) in [6, 6.07) is 4.60. The number of amides is 1. The van der Waals surface area contributed by atoms with E-state index in [1.807, 2.05) is 6.92 Å². The van der Waals surface area contributed by atoms with Crippen LogP contribution in [0.5, 0.6) is 0 Å². The molecule has 0 N–H and O–H groups in total. The summed E-state index contributed by atoms with van der Waals surface area (Å²) in [5.74, 6) is 0.0633. The summed E-state index contributed by atoms with van der Waals surface area (Å²) in [5, 5.41) is 0. The van der Waals surface area contributed by atoms with Crippen LogP contribution in [-0.2, 0) is 6.42 Å². The number of benzene rings is 1. The Kier molecular flexibility index (Phi) is 3.04. The number of carbonyl (C=O) groups excluding carboxylic acids is 1. The Balaban J connectivity index is 1.94. The van der Waals surface area contributed by atoms with Crippen LogP contribution in [0.3, 0.4) is 0 Å². The molecule has 2 aromatic rings. The molecule has 1 aromatic carbocycles.